The van der Waals surface area contributed by atoms with Gasteiger partial charge in [-0.15, -0.1) is 0 Å². The average Bonchev–Trinajstić information content (AvgIpc) is 2.42. The Morgan fingerprint density at radius 1 is 1.42 bits per heavy atom. The van der Waals surface area contributed by atoms with Crippen LogP contribution in [0.4, 0.5) is 0 Å². The molecule has 0 amide bonds. The van der Waals surface area contributed by atoms with Gasteiger partial charge in [0, 0.05) is 18.7 Å². The van der Waals surface area contributed by atoms with Crippen LogP contribution in [0.5, 0.6) is 0 Å². The molecule has 0 heterocycles. The first kappa shape index (κ1) is 15.4. The maximum atomic E-state index is 11.5. The van der Waals surface area contributed by atoms with Gasteiger partial charge in [-0.25, -0.2) is 4.72 Å². The minimum absolute atomic E-state index is 0.0196. The second-order valence-electron chi connectivity index (χ2n) is 3.90. The number of hydrogen-bond donors (Lipinski definition) is 4. The zero-order valence-corrected chi connectivity index (χ0v) is 11.4. The number of amidine groups is 1. The van der Waals surface area contributed by atoms with Gasteiger partial charge in [0.25, 0.3) is 10.2 Å². The molecule has 0 aliphatic rings. The van der Waals surface area contributed by atoms with Crippen LogP contribution in [0.3, 0.4) is 0 Å². The van der Waals surface area contributed by atoms with E-state index in [0.717, 1.165) is 6.42 Å². The van der Waals surface area contributed by atoms with Crippen molar-refractivity contribution in [1.82, 2.24) is 9.44 Å². The Bertz CT molecular complexity index is 543. The van der Waals surface area contributed by atoms with Crippen LogP contribution < -0.4 is 15.2 Å². The number of nitrogens with one attached hydrogen (secondary N) is 2. The second-order valence-corrected chi connectivity index (χ2v) is 5.49. The fraction of sp³-hybridized carbons (Fsp3) is 0.364. The Morgan fingerprint density at radius 3 is 2.79 bits per heavy atom. The number of nitrogens with zero attached hydrogens (tertiary/aromatic N) is 1. The Balaban J connectivity index is 2.68. The minimum Gasteiger partial charge on any atom is -0.409 e. The highest BCUT2D eigenvalue weighted by Gasteiger charge is 2.08. The molecule has 0 atom stereocenters. The van der Waals surface area contributed by atoms with E-state index in [2.05, 4.69) is 14.6 Å². The summed E-state index contributed by atoms with van der Waals surface area (Å²) in [6, 6.07) is 6.77. The molecule has 0 aromatic heterocycles. The lowest BCUT2D eigenvalue weighted by atomic mass is 10.1. The topological polar surface area (TPSA) is 117 Å². The highest BCUT2D eigenvalue weighted by atomic mass is 32.2. The summed E-state index contributed by atoms with van der Waals surface area (Å²) in [4.78, 5) is 0. The summed E-state index contributed by atoms with van der Waals surface area (Å²) in [7, 11) is -3.49. The molecule has 0 spiro atoms. The van der Waals surface area contributed by atoms with Crippen LogP contribution in [0.2, 0.25) is 0 Å². The average molecular weight is 286 g/mol. The molecule has 106 valence electrons. The molecule has 8 heteroatoms. The summed E-state index contributed by atoms with van der Waals surface area (Å²) in [5.74, 6) is -0.0196. The molecule has 0 saturated carbocycles. The molecule has 1 aromatic carbocycles. The van der Waals surface area contributed by atoms with Gasteiger partial charge >= 0.3 is 0 Å². The molecule has 19 heavy (non-hydrogen) atoms. The van der Waals surface area contributed by atoms with Gasteiger partial charge in [-0.05, 0) is 18.1 Å². The third-order valence-electron chi connectivity index (χ3n) is 2.34. The molecular formula is C11H18N4O3S. The van der Waals surface area contributed by atoms with Crippen LogP contribution in [0.25, 0.3) is 0 Å². The quantitative estimate of drug-likeness (QED) is 0.246. The Labute approximate surface area is 112 Å². The van der Waals surface area contributed by atoms with Gasteiger partial charge in [0.2, 0.25) is 0 Å². The first-order valence-corrected chi connectivity index (χ1v) is 7.28. The fourth-order valence-electron chi connectivity index (χ4n) is 1.36. The van der Waals surface area contributed by atoms with Gasteiger partial charge in [-0.2, -0.15) is 13.1 Å². The van der Waals surface area contributed by atoms with Gasteiger partial charge in [-0.1, -0.05) is 30.3 Å². The van der Waals surface area contributed by atoms with Crippen molar-refractivity contribution in [1.29, 1.82) is 0 Å². The molecule has 0 unspecified atom stereocenters. The number of rotatable bonds is 7. The lowest BCUT2D eigenvalue weighted by Crippen LogP contribution is -2.36. The predicted octanol–water partition coefficient (Wildman–Crippen LogP) is 0.115. The van der Waals surface area contributed by atoms with Crippen LogP contribution in [0.1, 0.15) is 24.5 Å². The van der Waals surface area contributed by atoms with E-state index < -0.39 is 10.2 Å². The van der Waals surface area contributed by atoms with E-state index in [1.54, 1.807) is 24.3 Å². The number of benzene rings is 1. The maximum absolute atomic E-state index is 11.5. The smallest absolute Gasteiger partial charge is 0.277 e. The van der Waals surface area contributed by atoms with Gasteiger partial charge in [0.15, 0.2) is 5.84 Å². The van der Waals surface area contributed by atoms with Crippen molar-refractivity contribution >= 4 is 16.0 Å². The normalized spacial score (nSPS) is 12.6. The first-order valence-electron chi connectivity index (χ1n) is 5.79. The van der Waals surface area contributed by atoms with E-state index in [0.29, 0.717) is 17.7 Å². The van der Waals surface area contributed by atoms with Crippen molar-refractivity contribution in [3.63, 3.8) is 0 Å². The molecule has 5 N–H and O–H groups in total. The standard InChI is InChI=1S/C11H18N4O3S/c1-2-6-13-19(17,18)14-8-9-4-3-5-10(7-9)11(12)15-16/h3-5,7,13-14,16H,2,6,8H2,1H3,(H2,12,15). The number of hydrogen-bond acceptors (Lipinski definition) is 4. The Kier molecular flexibility index (Phi) is 5.74. The van der Waals surface area contributed by atoms with Gasteiger partial charge in [0.05, 0.1) is 0 Å². The van der Waals surface area contributed by atoms with Crippen LogP contribution in [-0.2, 0) is 16.8 Å². The van der Waals surface area contributed by atoms with E-state index in [-0.39, 0.29) is 12.4 Å². The Morgan fingerprint density at radius 2 is 2.16 bits per heavy atom. The number of nitrogens with two attached hydrogens (primary N) is 1. The molecule has 1 rings (SSSR count). The highest BCUT2D eigenvalue weighted by Crippen LogP contribution is 2.05. The lowest BCUT2D eigenvalue weighted by Gasteiger charge is -2.08. The summed E-state index contributed by atoms with van der Waals surface area (Å²) < 4.78 is 27.9. The summed E-state index contributed by atoms with van der Waals surface area (Å²) in [6.07, 6.45) is 0.722. The molecule has 0 bridgehead atoms. The van der Waals surface area contributed by atoms with E-state index in [1.165, 1.54) is 0 Å². The summed E-state index contributed by atoms with van der Waals surface area (Å²) in [5.41, 5.74) is 6.70. The van der Waals surface area contributed by atoms with E-state index in [4.69, 9.17) is 10.9 Å². The van der Waals surface area contributed by atoms with Crippen molar-refractivity contribution in [2.24, 2.45) is 10.9 Å². The minimum atomic E-state index is -3.49. The zero-order chi connectivity index (χ0) is 14.3. The summed E-state index contributed by atoms with van der Waals surface area (Å²) in [6.45, 7) is 2.40. The molecule has 0 saturated heterocycles. The van der Waals surface area contributed by atoms with E-state index in [1.807, 2.05) is 6.92 Å². The lowest BCUT2D eigenvalue weighted by molar-refractivity contribution is 0.318. The van der Waals surface area contributed by atoms with Crippen LogP contribution in [0.15, 0.2) is 29.4 Å². The molecule has 0 aliphatic carbocycles. The summed E-state index contributed by atoms with van der Waals surface area (Å²) >= 11 is 0. The fourth-order valence-corrected chi connectivity index (χ4v) is 2.30. The monoisotopic (exact) mass is 286 g/mol. The van der Waals surface area contributed by atoms with Crippen molar-refractivity contribution in [2.45, 2.75) is 19.9 Å². The second kappa shape index (κ2) is 7.07. The van der Waals surface area contributed by atoms with Crippen molar-refractivity contribution in [2.75, 3.05) is 6.54 Å². The first-order chi connectivity index (χ1) is 8.98. The van der Waals surface area contributed by atoms with Crippen LogP contribution >= 0.6 is 0 Å². The van der Waals surface area contributed by atoms with Crippen molar-refractivity contribution in [3.8, 4) is 0 Å². The SMILES string of the molecule is CCCNS(=O)(=O)NCc1cccc(/C(N)=N/O)c1. The zero-order valence-electron chi connectivity index (χ0n) is 10.6. The molecular weight excluding hydrogens is 268 g/mol. The van der Waals surface area contributed by atoms with Crippen molar-refractivity contribution in [3.05, 3.63) is 35.4 Å². The van der Waals surface area contributed by atoms with Gasteiger partial charge in [0.1, 0.15) is 0 Å². The van der Waals surface area contributed by atoms with Crippen molar-refractivity contribution < 1.29 is 13.6 Å². The van der Waals surface area contributed by atoms with E-state index >= 15 is 0 Å². The Hall–Kier alpha value is -1.64. The van der Waals surface area contributed by atoms with E-state index in [9.17, 15) is 8.42 Å². The number of oxime groups is 1. The highest BCUT2D eigenvalue weighted by molar-refractivity contribution is 7.87. The predicted molar refractivity (Wildman–Crippen MR) is 73.0 cm³/mol. The molecule has 1 aromatic rings. The van der Waals surface area contributed by atoms with Gasteiger partial charge in [-0.3, -0.25) is 0 Å². The molecule has 7 nitrogen and oxygen atoms in total. The summed E-state index contributed by atoms with van der Waals surface area (Å²) in [5, 5.41) is 11.5. The molecule has 0 radical (unpaired) electrons. The van der Waals surface area contributed by atoms with Crippen LogP contribution in [0, 0.1) is 0 Å². The maximum Gasteiger partial charge on any atom is 0.277 e. The largest absolute Gasteiger partial charge is 0.409 e. The molecule has 0 aliphatic heterocycles. The molecule has 0 fully saturated rings. The van der Waals surface area contributed by atoms with Gasteiger partial charge < -0.3 is 10.9 Å². The van der Waals surface area contributed by atoms with Crippen LogP contribution in [-0.4, -0.2) is 26.0 Å². The third kappa shape index (κ3) is 5.25. The third-order valence-corrected chi connectivity index (χ3v) is 3.45.